The number of hydrogen-bond acceptors (Lipinski definition) is 5. The molecular weight excluding hydrogens is 596 g/mol. The van der Waals surface area contributed by atoms with E-state index >= 15 is 4.39 Å². The van der Waals surface area contributed by atoms with Gasteiger partial charge < -0.3 is 19.7 Å². The number of amides is 1. The molecule has 3 aromatic carbocycles. The molecule has 0 aromatic heterocycles. The Bertz CT molecular complexity index is 1510. The topological polar surface area (TPSA) is 96.3 Å². The Morgan fingerprint density at radius 1 is 1.12 bits per heavy atom. The summed E-state index contributed by atoms with van der Waals surface area (Å²) >= 11 is 12.4. The van der Waals surface area contributed by atoms with E-state index in [4.69, 9.17) is 32.7 Å². The maximum Gasteiger partial charge on any atom is 0.308 e. The number of halogens is 3. The van der Waals surface area contributed by atoms with Crippen LogP contribution < -0.4 is 0 Å². The monoisotopic (exact) mass is 629 g/mol. The molecule has 2 unspecified atom stereocenters. The summed E-state index contributed by atoms with van der Waals surface area (Å²) in [7, 11) is 1.35. The minimum absolute atomic E-state index is 0.0118. The van der Waals surface area contributed by atoms with Crippen molar-refractivity contribution in [2.24, 2.45) is 11.8 Å². The SMILES string of the molecule is CC[C@@](O)(c1cc(F)c2c(c1)C(=O)N(C(c1ccc(Cl)cc1)C(C)C(=O)O)[C@@]2(OC)c1ccc(Cl)cc1)C1CCOCC1. The minimum atomic E-state index is -1.86. The van der Waals surface area contributed by atoms with Crippen molar-refractivity contribution in [3.63, 3.8) is 0 Å². The Morgan fingerprint density at radius 3 is 2.23 bits per heavy atom. The molecule has 1 fully saturated rings. The molecule has 4 atom stereocenters. The highest BCUT2D eigenvalue weighted by atomic mass is 35.5. The molecule has 3 aromatic rings. The third-order valence-electron chi connectivity index (χ3n) is 9.04. The van der Waals surface area contributed by atoms with Gasteiger partial charge in [0, 0.05) is 35.9 Å². The van der Waals surface area contributed by atoms with Crippen LogP contribution >= 0.6 is 23.2 Å². The lowest BCUT2D eigenvalue weighted by molar-refractivity contribution is -0.149. The standard InChI is InChI=1S/C33H34Cl2FNO6/c1-4-32(41,21-13-15-43-16-14-21)23-17-26-28(27(36)18-23)33(42-3,22-7-11-25(35)12-8-22)37(30(26)38)29(19(2)31(39)40)20-5-9-24(34)10-6-20/h5-12,17-19,21,29,41H,4,13-16H2,1-3H3,(H,39,40)/t19?,29?,32-,33+/m0/s1. The first-order valence-corrected chi connectivity index (χ1v) is 15.0. The summed E-state index contributed by atoms with van der Waals surface area (Å²) in [5, 5.41) is 23.0. The molecular formula is C33H34Cl2FNO6. The zero-order valence-electron chi connectivity index (χ0n) is 24.1. The fourth-order valence-electron chi connectivity index (χ4n) is 6.72. The summed E-state index contributed by atoms with van der Waals surface area (Å²) in [5.41, 5.74) is -2.21. The number of methoxy groups -OCH3 is 1. The number of aliphatic hydroxyl groups is 1. The fourth-order valence-corrected chi connectivity index (χ4v) is 6.97. The number of hydrogen-bond donors (Lipinski definition) is 2. The van der Waals surface area contributed by atoms with Crippen molar-refractivity contribution in [2.75, 3.05) is 20.3 Å². The zero-order chi connectivity index (χ0) is 31.1. The first-order valence-electron chi connectivity index (χ1n) is 14.3. The molecule has 0 spiro atoms. The Morgan fingerprint density at radius 2 is 1.70 bits per heavy atom. The molecule has 43 heavy (non-hydrogen) atoms. The summed E-state index contributed by atoms with van der Waals surface area (Å²) in [5.74, 6) is -3.89. The van der Waals surface area contributed by atoms with E-state index in [1.807, 2.05) is 6.92 Å². The van der Waals surface area contributed by atoms with Gasteiger partial charge in [0.05, 0.1) is 28.7 Å². The van der Waals surface area contributed by atoms with Crippen LogP contribution in [0, 0.1) is 17.7 Å². The highest BCUT2D eigenvalue weighted by Crippen LogP contribution is 2.53. The Labute approximate surface area is 260 Å². The van der Waals surface area contributed by atoms with Crippen molar-refractivity contribution in [2.45, 2.75) is 50.5 Å². The Hall–Kier alpha value is -3.01. The summed E-state index contributed by atoms with van der Waals surface area (Å²) in [6, 6.07) is 14.7. The summed E-state index contributed by atoms with van der Waals surface area (Å²) < 4.78 is 28.4. The van der Waals surface area contributed by atoms with Gasteiger partial charge in [-0.1, -0.05) is 54.4 Å². The van der Waals surface area contributed by atoms with Crippen molar-refractivity contribution >= 4 is 35.1 Å². The van der Waals surface area contributed by atoms with Crippen LogP contribution in [0.5, 0.6) is 0 Å². The van der Waals surface area contributed by atoms with Crippen molar-refractivity contribution in [1.29, 1.82) is 0 Å². The van der Waals surface area contributed by atoms with Crippen LogP contribution in [0.15, 0.2) is 60.7 Å². The van der Waals surface area contributed by atoms with Crippen LogP contribution in [0.4, 0.5) is 4.39 Å². The maximum atomic E-state index is 16.7. The Balaban J connectivity index is 1.79. The van der Waals surface area contributed by atoms with Crippen molar-refractivity contribution in [3.8, 4) is 0 Å². The highest BCUT2D eigenvalue weighted by Gasteiger charge is 2.58. The van der Waals surface area contributed by atoms with Crippen molar-refractivity contribution in [1.82, 2.24) is 4.90 Å². The van der Waals surface area contributed by atoms with Crippen LogP contribution in [-0.4, -0.2) is 47.3 Å². The van der Waals surface area contributed by atoms with E-state index in [1.165, 1.54) is 31.1 Å². The minimum Gasteiger partial charge on any atom is -0.481 e. The fraction of sp³-hybridized carbons (Fsp3) is 0.394. The van der Waals surface area contributed by atoms with E-state index in [1.54, 1.807) is 48.5 Å². The molecule has 7 nitrogen and oxygen atoms in total. The van der Waals surface area contributed by atoms with E-state index in [9.17, 15) is 19.8 Å². The van der Waals surface area contributed by atoms with Crippen LogP contribution in [0.25, 0.3) is 0 Å². The second kappa shape index (κ2) is 12.2. The van der Waals surface area contributed by atoms with Gasteiger partial charge in [0.1, 0.15) is 5.82 Å². The molecule has 2 heterocycles. The third kappa shape index (κ3) is 5.23. The van der Waals surface area contributed by atoms with Gasteiger partial charge in [-0.15, -0.1) is 0 Å². The second-order valence-corrected chi connectivity index (χ2v) is 12.1. The molecule has 10 heteroatoms. The van der Waals surface area contributed by atoms with Crippen molar-refractivity contribution in [3.05, 3.63) is 104 Å². The van der Waals surface area contributed by atoms with E-state index in [-0.39, 0.29) is 22.6 Å². The molecule has 228 valence electrons. The van der Waals surface area contributed by atoms with Gasteiger partial charge in [-0.25, -0.2) is 4.39 Å². The van der Waals surface area contributed by atoms with Gasteiger partial charge >= 0.3 is 5.97 Å². The molecule has 2 aliphatic rings. The quantitative estimate of drug-likeness (QED) is 0.267. The number of nitrogens with zero attached hydrogens (tertiary/aromatic N) is 1. The van der Waals surface area contributed by atoms with Crippen LogP contribution in [0.2, 0.25) is 10.0 Å². The smallest absolute Gasteiger partial charge is 0.308 e. The van der Waals surface area contributed by atoms with Gasteiger partial charge in [0.15, 0.2) is 5.72 Å². The van der Waals surface area contributed by atoms with Gasteiger partial charge in [-0.3, -0.25) is 14.5 Å². The number of carbonyl (C=O) groups is 2. The lowest BCUT2D eigenvalue weighted by Crippen LogP contribution is -2.51. The number of aliphatic carboxylic acids is 1. The zero-order valence-corrected chi connectivity index (χ0v) is 25.7. The first-order chi connectivity index (χ1) is 20.5. The first kappa shape index (κ1) is 31.4. The summed E-state index contributed by atoms with van der Waals surface area (Å²) in [6.45, 7) is 4.27. The molecule has 2 aliphatic heterocycles. The molecule has 5 rings (SSSR count). The van der Waals surface area contributed by atoms with Crippen LogP contribution in [0.3, 0.4) is 0 Å². The molecule has 0 radical (unpaired) electrons. The molecule has 1 amide bonds. The number of carbonyl (C=O) groups excluding carboxylic acids is 1. The number of fused-ring (bicyclic) bond motifs is 1. The number of carboxylic acids is 1. The highest BCUT2D eigenvalue weighted by molar-refractivity contribution is 6.30. The molecule has 0 aliphatic carbocycles. The van der Waals surface area contributed by atoms with E-state index in [2.05, 4.69) is 0 Å². The molecule has 2 N–H and O–H groups in total. The predicted octanol–water partition coefficient (Wildman–Crippen LogP) is 6.92. The average Bonchev–Trinajstić information content (AvgIpc) is 3.27. The van der Waals surface area contributed by atoms with Gasteiger partial charge in [0.25, 0.3) is 5.91 Å². The third-order valence-corrected chi connectivity index (χ3v) is 9.54. The number of rotatable bonds is 9. The van der Waals surface area contributed by atoms with Gasteiger partial charge in [0.2, 0.25) is 0 Å². The lowest BCUT2D eigenvalue weighted by atomic mass is 9.74. The van der Waals surface area contributed by atoms with Crippen LogP contribution in [0.1, 0.15) is 71.8 Å². The predicted molar refractivity (Wildman–Crippen MR) is 161 cm³/mol. The lowest BCUT2D eigenvalue weighted by Gasteiger charge is -2.44. The summed E-state index contributed by atoms with van der Waals surface area (Å²) in [4.78, 5) is 28.5. The number of ether oxygens (including phenoxy) is 2. The van der Waals surface area contributed by atoms with Crippen molar-refractivity contribution < 1.29 is 33.7 Å². The molecule has 1 saturated heterocycles. The van der Waals surface area contributed by atoms with E-state index in [0.29, 0.717) is 53.6 Å². The van der Waals surface area contributed by atoms with E-state index < -0.39 is 41.0 Å². The summed E-state index contributed by atoms with van der Waals surface area (Å²) in [6.07, 6.45) is 1.47. The second-order valence-electron chi connectivity index (χ2n) is 11.2. The largest absolute Gasteiger partial charge is 0.481 e. The normalized spacial score (nSPS) is 21.7. The maximum absolute atomic E-state index is 16.7. The van der Waals surface area contributed by atoms with Gasteiger partial charge in [-0.05, 0) is 79.6 Å². The van der Waals surface area contributed by atoms with E-state index in [0.717, 1.165) is 0 Å². The Kier molecular flexibility index (Phi) is 8.89. The van der Waals surface area contributed by atoms with Gasteiger partial charge in [-0.2, -0.15) is 0 Å². The van der Waals surface area contributed by atoms with Crippen LogP contribution in [-0.2, 0) is 25.6 Å². The average molecular weight is 631 g/mol. The molecule has 0 saturated carbocycles. The number of carboxylic acid groups (broad SMARTS) is 1. The number of benzene rings is 3. The molecule has 0 bridgehead atoms.